The first-order valence-electron chi connectivity index (χ1n) is 3.60. The van der Waals surface area contributed by atoms with Gasteiger partial charge in [0.2, 0.25) is 5.78 Å². The molecule has 2 heterocycles. The molecule has 2 aromatic rings. The average Bonchev–Trinajstić information content (AvgIpc) is 2.72. The molecule has 0 saturated heterocycles. The molecule has 2 rings (SSSR count). The van der Waals surface area contributed by atoms with E-state index in [9.17, 15) is 4.79 Å². The second-order valence-electron chi connectivity index (χ2n) is 2.40. The molecular formula is C9H5IOS2. The highest BCUT2D eigenvalue weighted by Crippen LogP contribution is 2.23. The molecule has 0 N–H and O–H groups in total. The van der Waals surface area contributed by atoms with Crippen LogP contribution >= 0.6 is 45.3 Å². The lowest BCUT2D eigenvalue weighted by Gasteiger charge is -1.93. The van der Waals surface area contributed by atoms with Crippen LogP contribution in [-0.4, -0.2) is 5.78 Å². The number of carbonyl (C=O) groups excluding carboxylic acids is 1. The molecule has 0 atom stereocenters. The molecule has 0 amide bonds. The summed E-state index contributed by atoms with van der Waals surface area (Å²) in [6.45, 7) is 0. The Morgan fingerprint density at radius 2 is 2.08 bits per heavy atom. The Labute approximate surface area is 97.6 Å². The largest absolute Gasteiger partial charge is 0.287 e. The highest BCUT2D eigenvalue weighted by Gasteiger charge is 2.13. The predicted octanol–water partition coefficient (Wildman–Crippen LogP) is 3.65. The summed E-state index contributed by atoms with van der Waals surface area (Å²) >= 11 is 5.19. The van der Waals surface area contributed by atoms with Crippen molar-refractivity contribution < 1.29 is 4.79 Å². The highest BCUT2D eigenvalue weighted by molar-refractivity contribution is 14.1. The van der Waals surface area contributed by atoms with Gasteiger partial charge in [-0.1, -0.05) is 6.07 Å². The molecular weight excluding hydrogens is 315 g/mol. The molecule has 1 nitrogen and oxygen atoms in total. The first-order chi connectivity index (χ1) is 6.29. The van der Waals surface area contributed by atoms with Crippen LogP contribution in [0, 0.1) is 3.57 Å². The standard InChI is InChI=1S/C9H5IOS2/c10-6-3-5-13-9(6)8(11)7-2-1-4-12-7/h1-5H. The maximum absolute atomic E-state index is 11.8. The molecule has 0 aliphatic heterocycles. The van der Waals surface area contributed by atoms with Crippen LogP contribution in [0.3, 0.4) is 0 Å². The molecule has 13 heavy (non-hydrogen) atoms. The summed E-state index contributed by atoms with van der Waals surface area (Å²) < 4.78 is 1.04. The van der Waals surface area contributed by atoms with E-state index in [2.05, 4.69) is 22.6 Å². The van der Waals surface area contributed by atoms with Gasteiger partial charge in [-0.25, -0.2) is 0 Å². The van der Waals surface area contributed by atoms with Crippen LogP contribution in [0.2, 0.25) is 0 Å². The molecule has 4 heteroatoms. The van der Waals surface area contributed by atoms with Crippen molar-refractivity contribution in [1.82, 2.24) is 0 Å². The molecule has 66 valence electrons. The van der Waals surface area contributed by atoms with E-state index in [1.54, 1.807) is 0 Å². The monoisotopic (exact) mass is 320 g/mol. The smallest absolute Gasteiger partial charge is 0.213 e. The molecule has 0 fully saturated rings. The molecule has 0 aliphatic rings. The second kappa shape index (κ2) is 3.89. The topological polar surface area (TPSA) is 17.1 Å². The zero-order chi connectivity index (χ0) is 9.26. The van der Waals surface area contributed by atoms with E-state index >= 15 is 0 Å². The maximum Gasteiger partial charge on any atom is 0.213 e. The van der Waals surface area contributed by atoms with Gasteiger partial charge < -0.3 is 0 Å². The Kier molecular flexibility index (Phi) is 2.80. The Hall–Kier alpha value is -0.200. The van der Waals surface area contributed by atoms with Crippen molar-refractivity contribution in [2.24, 2.45) is 0 Å². The number of ketones is 1. The van der Waals surface area contributed by atoms with Crippen LogP contribution < -0.4 is 0 Å². The normalized spacial score (nSPS) is 10.2. The number of hydrogen-bond acceptors (Lipinski definition) is 3. The van der Waals surface area contributed by atoms with Crippen LogP contribution in [0.5, 0.6) is 0 Å². The van der Waals surface area contributed by atoms with Gasteiger partial charge in [0, 0.05) is 3.57 Å². The fourth-order valence-corrected chi connectivity index (χ4v) is 3.50. The Bertz CT molecular complexity index is 417. The molecule has 0 spiro atoms. The van der Waals surface area contributed by atoms with Crippen molar-refractivity contribution in [3.05, 3.63) is 42.3 Å². The molecule has 2 aromatic heterocycles. The van der Waals surface area contributed by atoms with Gasteiger partial charge in [-0.3, -0.25) is 4.79 Å². The van der Waals surface area contributed by atoms with E-state index in [0.29, 0.717) is 0 Å². The zero-order valence-electron chi connectivity index (χ0n) is 6.49. The van der Waals surface area contributed by atoms with Gasteiger partial charge in [0.05, 0.1) is 9.75 Å². The van der Waals surface area contributed by atoms with E-state index < -0.39 is 0 Å². The van der Waals surface area contributed by atoms with Gasteiger partial charge in [-0.2, -0.15) is 0 Å². The van der Waals surface area contributed by atoms with Gasteiger partial charge in [0.25, 0.3) is 0 Å². The van der Waals surface area contributed by atoms with Crippen LogP contribution in [-0.2, 0) is 0 Å². The lowest BCUT2D eigenvalue weighted by atomic mass is 10.3. The first kappa shape index (κ1) is 9.36. The molecule has 0 aliphatic carbocycles. The van der Waals surface area contributed by atoms with Crippen molar-refractivity contribution in [1.29, 1.82) is 0 Å². The number of rotatable bonds is 2. The van der Waals surface area contributed by atoms with Crippen molar-refractivity contribution in [2.45, 2.75) is 0 Å². The third kappa shape index (κ3) is 1.84. The van der Waals surface area contributed by atoms with Crippen molar-refractivity contribution in [2.75, 3.05) is 0 Å². The van der Waals surface area contributed by atoms with E-state index in [1.807, 2.05) is 29.0 Å². The van der Waals surface area contributed by atoms with E-state index in [4.69, 9.17) is 0 Å². The summed E-state index contributed by atoms with van der Waals surface area (Å²) in [6, 6.07) is 5.73. The highest BCUT2D eigenvalue weighted by atomic mass is 127. The fraction of sp³-hybridized carbons (Fsp3) is 0. The summed E-state index contributed by atoms with van der Waals surface area (Å²) in [5.41, 5.74) is 0. The Morgan fingerprint density at radius 3 is 2.62 bits per heavy atom. The lowest BCUT2D eigenvalue weighted by molar-refractivity contribution is 0.104. The van der Waals surface area contributed by atoms with Gasteiger partial charge in [0.1, 0.15) is 0 Å². The maximum atomic E-state index is 11.8. The predicted molar refractivity (Wildman–Crippen MR) is 64.8 cm³/mol. The fourth-order valence-electron chi connectivity index (χ4n) is 0.975. The van der Waals surface area contributed by atoms with Crippen molar-refractivity contribution >= 4 is 51.0 Å². The van der Waals surface area contributed by atoms with Crippen LogP contribution in [0.25, 0.3) is 0 Å². The Morgan fingerprint density at radius 1 is 1.23 bits per heavy atom. The third-order valence-electron chi connectivity index (χ3n) is 1.57. The number of thiophene rings is 2. The van der Waals surface area contributed by atoms with Crippen LogP contribution in [0.4, 0.5) is 0 Å². The van der Waals surface area contributed by atoms with Gasteiger partial charge >= 0.3 is 0 Å². The minimum Gasteiger partial charge on any atom is -0.287 e. The number of hydrogen-bond donors (Lipinski definition) is 0. The summed E-state index contributed by atoms with van der Waals surface area (Å²) in [6.07, 6.45) is 0. The number of halogens is 1. The first-order valence-corrected chi connectivity index (χ1v) is 6.44. The van der Waals surface area contributed by atoms with Crippen LogP contribution in [0.15, 0.2) is 29.0 Å². The molecule has 0 bridgehead atoms. The molecule has 0 aromatic carbocycles. The summed E-state index contributed by atoms with van der Waals surface area (Å²) in [7, 11) is 0. The molecule has 0 saturated carbocycles. The van der Waals surface area contributed by atoms with Crippen molar-refractivity contribution in [3.63, 3.8) is 0 Å². The van der Waals surface area contributed by atoms with Gasteiger partial charge in [0.15, 0.2) is 0 Å². The zero-order valence-corrected chi connectivity index (χ0v) is 10.3. The van der Waals surface area contributed by atoms with E-state index in [0.717, 1.165) is 13.3 Å². The Balaban J connectivity index is 2.39. The average molecular weight is 320 g/mol. The molecule has 0 unspecified atom stereocenters. The van der Waals surface area contributed by atoms with E-state index in [1.165, 1.54) is 22.7 Å². The summed E-state index contributed by atoms with van der Waals surface area (Å²) in [5, 5.41) is 3.87. The minimum absolute atomic E-state index is 0.148. The van der Waals surface area contributed by atoms with E-state index in [-0.39, 0.29) is 5.78 Å². The quantitative estimate of drug-likeness (QED) is 0.610. The number of carbonyl (C=O) groups is 1. The summed E-state index contributed by atoms with van der Waals surface area (Å²) in [4.78, 5) is 13.5. The lowest BCUT2D eigenvalue weighted by Crippen LogP contribution is -1.96. The van der Waals surface area contributed by atoms with Gasteiger partial charge in [-0.05, 0) is 45.5 Å². The SMILES string of the molecule is O=C(c1cccs1)c1sccc1I. The third-order valence-corrected chi connectivity index (χ3v) is 4.62. The van der Waals surface area contributed by atoms with Gasteiger partial charge in [-0.15, -0.1) is 22.7 Å². The summed E-state index contributed by atoms with van der Waals surface area (Å²) in [5.74, 6) is 0.148. The minimum atomic E-state index is 0.148. The van der Waals surface area contributed by atoms with Crippen LogP contribution in [0.1, 0.15) is 14.5 Å². The van der Waals surface area contributed by atoms with Crippen molar-refractivity contribution in [3.8, 4) is 0 Å². The molecule has 0 radical (unpaired) electrons. The second-order valence-corrected chi connectivity index (χ2v) is 5.43.